The van der Waals surface area contributed by atoms with Crippen molar-refractivity contribution in [3.8, 4) is 0 Å². The molecule has 0 aromatic heterocycles. The van der Waals surface area contributed by atoms with Crippen LogP contribution < -0.4 is 5.73 Å². The van der Waals surface area contributed by atoms with Gasteiger partial charge in [-0.15, -0.1) is 0 Å². The second kappa shape index (κ2) is 4.77. The quantitative estimate of drug-likeness (QED) is 0.757. The molecule has 0 bridgehead atoms. The van der Waals surface area contributed by atoms with E-state index in [2.05, 4.69) is 0 Å². The second-order valence-corrected chi connectivity index (χ2v) is 2.96. The molecule has 0 amide bonds. The van der Waals surface area contributed by atoms with Crippen molar-refractivity contribution in [3.63, 3.8) is 0 Å². The van der Waals surface area contributed by atoms with Gasteiger partial charge in [0.05, 0.1) is 0 Å². The minimum absolute atomic E-state index is 0.413. The van der Waals surface area contributed by atoms with Crippen LogP contribution in [0.4, 0.5) is 4.39 Å². The van der Waals surface area contributed by atoms with E-state index in [0.717, 1.165) is 11.1 Å². The maximum absolute atomic E-state index is 12.3. The van der Waals surface area contributed by atoms with Gasteiger partial charge in [0, 0.05) is 6.54 Å². The monoisotopic (exact) mass is 179 g/mol. The van der Waals surface area contributed by atoms with Gasteiger partial charge < -0.3 is 5.73 Å². The van der Waals surface area contributed by atoms with Crippen LogP contribution in [-0.4, -0.2) is 6.54 Å². The number of nitrogens with two attached hydrogens (primary N) is 1. The van der Waals surface area contributed by atoms with Gasteiger partial charge in [0.1, 0.15) is 6.67 Å². The van der Waals surface area contributed by atoms with Crippen LogP contribution >= 0.6 is 0 Å². The molecule has 0 saturated heterocycles. The van der Waals surface area contributed by atoms with Gasteiger partial charge in [-0.2, -0.15) is 0 Å². The fourth-order valence-corrected chi connectivity index (χ4v) is 1.15. The second-order valence-electron chi connectivity index (χ2n) is 2.96. The smallest absolute Gasteiger partial charge is 0.115 e. The zero-order chi connectivity index (χ0) is 9.68. The van der Waals surface area contributed by atoms with Crippen LogP contribution in [0.3, 0.4) is 0 Å². The number of alkyl halides is 1. The van der Waals surface area contributed by atoms with Crippen molar-refractivity contribution in [3.05, 3.63) is 41.0 Å². The summed E-state index contributed by atoms with van der Waals surface area (Å²) in [6, 6.07) is 5.57. The Morgan fingerprint density at radius 1 is 1.46 bits per heavy atom. The number of hydrogen-bond acceptors (Lipinski definition) is 1. The number of aryl methyl sites for hydroxylation is 1. The molecule has 0 atom stereocenters. The van der Waals surface area contributed by atoms with E-state index in [-0.39, 0.29) is 0 Å². The predicted molar refractivity (Wildman–Crippen MR) is 54.1 cm³/mol. The molecule has 2 N–H and O–H groups in total. The van der Waals surface area contributed by atoms with E-state index in [9.17, 15) is 4.39 Å². The molecule has 0 heterocycles. The van der Waals surface area contributed by atoms with E-state index < -0.39 is 6.67 Å². The van der Waals surface area contributed by atoms with Crippen LogP contribution in [0.2, 0.25) is 0 Å². The Balaban J connectivity index is 2.97. The lowest BCUT2D eigenvalue weighted by Gasteiger charge is -2.02. The third-order valence-corrected chi connectivity index (χ3v) is 1.93. The molecule has 1 aromatic carbocycles. The molecule has 2 heteroatoms. The Labute approximate surface area is 78.1 Å². The standard InChI is InChI=1S/C11H14FN/c1-9-4-5-10(8-12)7-11(9)3-2-6-13/h2-5,7H,6,8,13H2,1H3/b3-2+. The first-order valence-electron chi connectivity index (χ1n) is 4.30. The maximum atomic E-state index is 12.3. The lowest BCUT2D eigenvalue weighted by molar-refractivity contribution is 0.485. The summed E-state index contributed by atoms with van der Waals surface area (Å²) >= 11 is 0. The van der Waals surface area contributed by atoms with Crippen molar-refractivity contribution in [2.75, 3.05) is 6.54 Å². The van der Waals surface area contributed by atoms with Crippen molar-refractivity contribution in [1.82, 2.24) is 0 Å². The van der Waals surface area contributed by atoms with Crippen molar-refractivity contribution < 1.29 is 4.39 Å². The van der Waals surface area contributed by atoms with Gasteiger partial charge in [-0.1, -0.05) is 24.3 Å². The molecule has 1 rings (SSSR count). The molecule has 0 unspecified atom stereocenters. The summed E-state index contributed by atoms with van der Waals surface area (Å²) in [7, 11) is 0. The van der Waals surface area contributed by atoms with Crippen LogP contribution in [0.25, 0.3) is 6.08 Å². The molecule has 0 aliphatic heterocycles. The first-order chi connectivity index (χ1) is 6.27. The maximum Gasteiger partial charge on any atom is 0.115 e. The van der Waals surface area contributed by atoms with Crippen molar-refractivity contribution >= 4 is 6.08 Å². The Hall–Kier alpha value is -1.15. The van der Waals surface area contributed by atoms with Crippen molar-refractivity contribution in [2.24, 2.45) is 5.73 Å². The first-order valence-corrected chi connectivity index (χ1v) is 4.30. The summed E-state index contributed by atoms with van der Waals surface area (Å²) in [4.78, 5) is 0. The van der Waals surface area contributed by atoms with Crippen molar-refractivity contribution in [2.45, 2.75) is 13.6 Å². The summed E-state index contributed by atoms with van der Waals surface area (Å²) in [5, 5.41) is 0. The van der Waals surface area contributed by atoms with E-state index in [1.165, 1.54) is 0 Å². The number of benzene rings is 1. The van der Waals surface area contributed by atoms with Crippen LogP contribution in [0.1, 0.15) is 16.7 Å². The highest BCUT2D eigenvalue weighted by molar-refractivity contribution is 5.54. The van der Waals surface area contributed by atoms with E-state index in [1.807, 2.05) is 31.2 Å². The number of halogens is 1. The van der Waals surface area contributed by atoms with Crippen LogP contribution in [0, 0.1) is 6.92 Å². The highest BCUT2D eigenvalue weighted by atomic mass is 19.1. The Morgan fingerprint density at radius 3 is 2.85 bits per heavy atom. The fraction of sp³-hybridized carbons (Fsp3) is 0.273. The predicted octanol–water partition coefficient (Wildman–Crippen LogP) is 2.44. The van der Waals surface area contributed by atoms with Gasteiger partial charge in [-0.3, -0.25) is 0 Å². The summed E-state index contributed by atoms with van der Waals surface area (Å²) in [5.74, 6) is 0. The summed E-state index contributed by atoms with van der Waals surface area (Å²) in [5.41, 5.74) is 8.23. The third kappa shape index (κ3) is 2.67. The molecular formula is C11H14FN. The van der Waals surface area contributed by atoms with Crippen LogP contribution in [-0.2, 0) is 6.67 Å². The van der Waals surface area contributed by atoms with Gasteiger partial charge in [0.15, 0.2) is 0 Å². The minimum Gasteiger partial charge on any atom is -0.327 e. The summed E-state index contributed by atoms with van der Waals surface area (Å²) < 4.78 is 12.3. The average molecular weight is 179 g/mol. The molecule has 0 radical (unpaired) electrons. The highest BCUT2D eigenvalue weighted by Crippen LogP contribution is 2.13. The van der Waals surface area contributed by atoms with Gasteiger partial charge in [-0.25, -0.2) is 4.39 Å². The first kappa shape index (κ1) is 9.93. The zero-order valence-corrected chi connectivity index (χ0v) is 7.76. The molecule has 0 fully saturated rings. The number of hydrogen-bond donors (Lipinski definition) is 1. The number of rotatable bonds is 3. The summed E-state index contributed by atoms with van der Waals surface area (Å²) in [6.45, 7) is 2.10. The van der Waals surface area contributed by atoms with Gasteiger partial charge >= 0.3 is 0 Å². The van der Waals surface area contributed by atoms with Gasteiger partial charge in [0.25, 0.3) is 0 Å². The Bertz CT molecular complexity index is 305. The Morgan fingerprint density at radius 2 is 2.23 bits per heavy atom. The van der Waals surface area contributed by atoms with Crippen molar-refractivity contribution in [1.29, 1.82) is 0 Å². The van der Waals surface area contributed by atoms with Crippen LogP contribution in [0.15, 0.2) is 24.3 Å². The molecule has 0 spiro atoms. The lowest BCUT2D eigenvalue weighted by Crippen LogP contribution is -1.92. The molecule has 13 heavy (non-hydrogen) atoms. The van der Waals surface area contributed by atoms with E-state index in [4.69, 9.17) is 5.73 Å². The van der Waals surface area contributed by atoms with Gasteiger partial charge in [0.2, 0.25) is 0 Å². The van der Waals surface area contributed by atoms with E-state index >= 15 is 0 Å². The molecule has 1 nitrogen and oxygen atoms in total. The SMILES string of the molecule is Cc1ccc(CF)cc1/C=C/CN. The largest absolute Gasteiger partial charge is 0.327 e. The molecular weight excluding hydrogens is 165 g/mol. The normalized spacial score (nSPS) is 11.0. The van der Waals surface area contributed by atoms with Crippen LogP contribution in [0.5, 0.6) is 0 Å². The minimum atomic E-state index is -0.413. The summed E-state index contributed by atoms with van der Waals surface area (Å²) in [6.07, 6.45) is 3.79. The molecule has 0 saturated carbocycles. The zero-order valence-electron chi connectivity index (χ0n) is 7.76. The average Bonchev–Trinajstić information content (AvgIpc) is 2.17. The highest BCUT2D eigenvalue weighted by Gasteiger charge is 1.96. The fourth-order valence-electron chi connectivity index (χ4n) is 1.15. The van der Waals surface area contributed by atoms with E-state index in [0.29, 0.717) is 12.1 Å². The molecule has 0 aliphatic rings. The lowest BCUT2D eigenvalue weighted by atomic mass is 10.1. The van der Waals surface area contributed by atoms with E-state index in [1.54, 1.807) is 6.07 Å². The van der Waals surface area contributed by atoms with Gasteiger partial charge in [-0.05, 0) is 29.7 Å². The molecule has 1 aromatic rings. The molecule has 70 valence electrons. The topological polar surface area (TPSA) is 26.0 Å². The third-order valence-electron chi connectivity index (χ3n) is 1.93. The Kier molecular flexibility index (Phi) is 3.65. The molecule has 0 aliphatic carbocycles.